The number of aromatic nitrogens is 2. The van der Waals surface area contributed by atoms with Crippen LogP contribution in [0.5, 0.6) is 0 Å². The molecule has 2 saturated heterocycles. The zero-order valence-corrected chi connectivity index (χ0v) is 17.6. The third-order valence-electron chi connectivity index (χ3n) is 6.14. The Bertz CT molecular complexity index is 722. The van der Waals surface area contributed by atoms with E-state index in [1.54, 1.807) is 11.7 Å². The molecule has 0 aromatic carbocycles. The average Bonchev–Trinajstić information content (AvgIpc) is 2.90. The number of hydrogen-bond donors (Lipinski definition) is 0. The SMILES string of the molecule is Cc1c(Cl)c(C(=O)N2CCC3(CCC(=O)N(CCN(C)C)C3)CC2)nn1C. The molecule has 3 heterocycles. The fourth-order valence-corrected chi connectivity index (χ4v) is 4.33. The van der Waals surface area contributed by atoms with Gasteiger partial charge in [0.2, 0.25) is 5.91 Å². The first-order chi connectivity index (χ1) is 12.7. The van der Waals surface area contributed by atoms with Gasteiger partial charge in [-0.1, -0.05) is 11.6 Å². The van der Waals surface area contributed by atoms with Crippen molar-refractivity contribution in [2.45, 2.75) is 32.6 Å². The van der Waals surface area contributed by atoms with Gasteiger partial charge in [-0.2, -0.15) is 5.10 Å². The maximum atomic E-state index is 12.8. The molecule has 0 radical (unpaired) electrons. The number of piperidine rings is 2. The molecule has 0 N–H and O–H groups in total. The van der Waals surface area contributed by atoms with Crippen molar-refractivity contribution in [2.24, 2.45) is 12.5 Å². The minimum Gasteiger partial charge on any atom is -0.341 e. The number of carbonyl (C=O) groups excluding carboxylic acids is 2. The van der Waals surface area contributed by atoms with Crippen LogP contribution in [0.3, 0.4) is 0 Å². The van der Waals surface area contributed by atoms with Crippen LogP contribution in [0.25, 0.3) is 0 Å². The molecule has 7 nitrogen and oxygen atoms in total. The summed E-state index contributed by atoms with van der Waals surface area (Å²) in [5, 5.41) is 4.73. The molecule has 0 bridgehead atoms. The van der Waals surface area contributed by atoms with E-state index < -0.39 is 0 Å². The lowest BCUT2D eigenvalue weighted by Gasteiger charge is -2.47. The number of likely N-dealkylation sites (tertiary alicyclic amines) is 2. The van der Waals surface area contributed by atoms with Crippen molar-refractivity contribution in [1.29, 1.82) is 0 Å². The van der Waals surface area contributed by atoms with Crippen LogP contribution in [0.1, 0.15) is 41.9 Å². The van der Waals surface area contributed by atoms with E-state index in [9.17, 15) is 9.59 Å². The van der Waals surface area contributed by atoms with Crippen molar-refractivity contribution >= 4 is 23.4 Å². The molecule has 2 aliphatic heterocycles. The zero-order chi connectivity index (χ0) is 19.8. The van der Waals surface area contributed by atoms with Crippen LogP contribution in [0.2, 0.25) is 5.02 Å². The third-order valence-corrected chi connectivity index (χ3v) is 6.59. The number of amides is 2. The van der Waals surface area contributed by atoms with E-state index in [-0.39, 0.29) is 17.2 Å². The maximum Gasteiger partial charge on any atom is 0.275 e. The van der Waals surface area contributed by atoms with Gasteiger partial charge >= 0.3 is 0 Å². The van der Waals surface area contributed by atoms with Gasteiger partial charge in [-0.05, 0) is 45.7 Å². The lowest BCUT2D eigenvalue weighted by Crippen LogP contribution is -2.53. The van der Waals surface area contributed by atoms with Crippen LogP contribution in [0.4, 0.5) is 0 Å². The Morgan fingerprint density at radius 3 is 2.48 bits per heavy atom. The summed E-state index contributed by atoms with van der Waals surface area (Å²) in [6.07, 6.45) is 3.39. The highest BCUT2D eigenvalue weighted by atomic mass is 35.5. The Morgan fingerprint density at radius 2 is 1.93 bits per heavy atom. The van der Waals surface area contributed by atoms with E-state index in [0.717, 1.165) is 44.6 Å². The predicted molar refractivity (Wildman–Crippen MR) is 105 cm³/mol. The van der Waals surface area contributed by atoms with E-state index in [2.05, 4.69) is 10.00 Å². The lowest BCUT2D eigenvalue weighted by atomic mass is 9.72. The van der Waals surface area contributed by atoms with Gasteiger partial charge in [0.1, 0.15) is 0 Å². The monoisotopic (exact) mass is 395 g/mol. The third kappa shape index (κ3) is 4.14. The van der Waals surface area contributed by atoms with Crippen molar-refractivity contribution in [2.75, 3.05) is 46.8 Å². The molecule has 3 rings (SSSR count). The lowest BCUT2D eigenvalue weighted by molar-refractivity contribution is -0.139. The topological polar surface area (TPSA) is 61.7 Å². The normalized spacial score (nSPS) is 20.0. The zero-order valence-electron chi connectivity index (χ0n) is 16.8. The van der Waals surface area contributed by atoms with E-state index in [1.807, 2.05) is 30.8 Å². The molecule has 8 heteroatoms. The van der Waals surface area contributed by atoms with E-state index >= 15 is 0 Å². The first-order valence-corrected chi connectivity index (χ1v) is 10.0. The van der Waals surface area contributed by atoms with E-state index in [4.69, 9.17) is 11.6 Å². The van der Waals surface area contributed by atoms with Crippen LogP contribution < -0.4 is 0 Å². The molecule has 0 unspecified atom stereocenters. The Labute approximate surface area is 166 Å². The number of carbonyl (C=O) groups is 2. The first kappa shape index (κ1) is 20.1. The van der Waals surface area contributed by atoms with Crippen molar-refractivity contribution in [3.05, 3.63) is 16.4 Å². The summed E-state index contributed by atoms with van der Waals surface area (Å²) in [4.78, 5) is 31.1. The summed E-state index contributed by atoms with van der Waals surface area (Å²) in [6, 6.07) is 0. The highest BCUT2D eigenvalue weighted by Crippen LogP contribution is 2.40. The van der Waals surface area contributed by atoms with Crippen LogP contribution >= 0.6 is 11.6 Å². The molecule has 0 saturated carbocycles. The molecule has 1 spiro atoms. The average molecular weight is 396 g/mol. The number of likely N-dealkylation sites (N-methyl/N-ethyl adjacent to an activating group) is 1. The summed E-state index contributed by atoms with van der Waals surface area (Å²) in [6.45, 7) is 5.72. The van der Waals surface area contributed by atoms with E-state index in [0.29, 0.717) is 30.2 Å². The van der Waals surface area contributed by atoms with Gasteiger partial charge in [0.15, 0.2) is 5.69 Å². The van der Waals surface area contributed by atoms with E-state index in [1.165, 1.54) is 0 Å². The number of rotatable bonds is 4. The van der Waals surface area contributed by atoms with Gasteiger partial charge in [-0.25, -0.2) is 0 Å². The number of hydrogen-bond acceptors (Lipinski definition) is 4. The standard InChI is InChI=1S/C19H30ClN5O2/c1-14-16(20)17(21-23(14)4)18(27)24-9-7-19(8-10-24)6-5-15(26)25(13-19)12-11-22(2)3/h5-13H2,1-4H3. The Balaban J connectivity index is 1.63. The fourth-order valence-electron chi connectivity index (χ4n) is 4.09. The summed E-state index contributed by atoms with van der Waals surface area (Å²) < 4.78 is 1.65. The molecule has 2 aliphatic rings. The Morgan fingerprint density at radius 1 is 1.26 bits per heavy atom. The minimum absolute atomic E-state index is 0.0881. The summed E-state index contributed by atoms with van der Waals surface area (Å²) >= 11 is 6.29. The second-order valence-corrected chi connectivity index (χ2v) is 8.66. The predicted octanol–water partition coefficient (Wildman–Crippen LogP) is 1.79. The molecular formula is C19H30ClN5O2. The highest BCUT2D eigenvalue weighted by molar-refractivity contribution is 6.34. The van der Waals surface area contributed by atoms with Gasteiger partial charge in [-0.3, -0.25) is 14.3 Å². The summed E-state index contributed by atoms with van der Waals surface area (Å²) in [5.74, 6) is 0.173. The molecule has 2 amide bonds. The molecule has 27 heavy (non-hydrogen) atoms. The summed E-state index contributed by atoms with van der Waals surface area (Å²) in [5.41, 5.74) is 1.29. The number of halogens is 1. The van der Waals surface area contributed by atoms with Gasteiger partial charge in [0.25, 0.3) is 5.91 Å². The Hall–Kier alpha value is -1.60. The fraction of sp³-hybridized carbons (Fsp3) is 0.737. The summed E-state index contributed by atoms with van der Waals surface area (Å²) in [7, 11) is 5.85. The number of aryl methyl sites for hydroxylation is 1. The largest absolute Gasteiger partial charge is 0.341 e. The molecule has 0 aliphatic carbocycles. The molecule has 2 fully saturated rings. The second kappa shape index (κ2) is 7.80. The minimum atomic E-state index is -0.0881. The van der Waals surface area contributed by atoms with Gasteiger partial charge < -0.3 is 14.7 Å². The molecule has 0 atom stereocenters. The second-order valence-electron chi connectivity index (χ2n) is 8.28. The first-order valence-electron chi connectivity index (χ1n) is 9.63. The van der Waals surface area contributed by atoms with Crippen molar-refractivity contribution < 1.29 is 9.59 Å². The number of nitrogens with zero attached hydrogens (tertiary/aromatic N) is 5. The quantitative estimate of drug-likeness (QED) is 0.779. The maximum absolute atomic E-state index is 12.8. The Kier molecular flexibility index (Phi) is 5.82. The smallest absolute Gasteiger partial charge is 0.275 e. The molecule has 1 aromatic rings. The van der Waals surface area contributed by atoms with Gasteiger partial charge in [0.05, 0.1) is 10.7 Å². The van der Waals surface area contributed by atoms with Gasteiger partial charge in [0, 0.05) is 46.2 Å². The van der Waals surface area contributed by atoms with Crippen molar-refractivity contribution in [1.82, 2.24) is 24.5 Å². The molecule has 150 valence electrons. The molecular weight excluding hydrogens is 366 g/mol. The molecule has 1 aromatic heterocycles. The van der Waals surface area contributed by atoms with Crippen LogP contribution in [0, 0.1) is 12.3 Å². The van der Waals surface area contributed by atoms with Crippen LogP contribution in [-0.2, 0) is 11.8 Å². The van der Waals surface area contributed by atoms with Crippen LogP contribution in [0.15, 0.2) is 0 Å². The van der Waals surface area contributed by atoms with Gasteiger partial charge in [-0.15, -0.1) is 0 Å². The van der Waals surface area contributed by atoms with Crippen molar-refractivity contribution in [3.63, 3.8) is 0 Å². The van der Waals surface area contributed by atoms with Crippen LogP contribution in [-0.4, -0.2) is 83.1 Å². The highest BCUT2D eigenvalue weighted by Gasteiger charge is 2.42. The van der Waals surface area contributed by atoms with Crippen molar-refractivity contribution in [3.8, 4) is 0 Å².